The first-order valence-corrected chi connectivity index (χ1v) is 5.92. The Balaban J connectivity index is 2.41. The van der Waals surface area contributed by atoms with E-state index in [-0.39, 0.29) is 12.8 Å². The first kappa shape index (κ1) is 15.2. The maximum Gasteiger partial charge on any atom is 0.391 e. The summed E-state index contributed by atoms with van der Waals surface area (Å²) in [4.78, 5) is 13.2. The minimum Gasteiger partial charge on any atom is -0.468 e. The molecule has 0 radical (unpaired) electrons. The van der Waals surface area contributed by atoms with E-state index < -0.39 is 24.1 Å². The quantitative estimate of drug-likeness (QED) is 0.773. The Hall–Kier alpha value is -0.820. The zero-order chi connectivity index (χ0) is 13.8. The summed E-state index contributed by atoms with van der Waals surface area (Å²) >= 11 is 0. The van der Waals surface area contributed by atoms with Crippen LogP contribution in [0.5, 0.6) is 0 Å². The molecular formula is C11H19F3N2O2. The molecule has 1 saturated heterocycles. The Morgan fingerprint density at radius 3 is 2.39 bits per heavy atom. The molecular weight excluding hydrogens is 249 g/mol. The molecule has 1 atom stereocenters. The second-order valence-electron chi connectivity index (χ2n) is 4.48. The van der Waals surface area contributed by atoms with Gasteiger partial charge in [0.2, 0.25) is 0 Å². The number of alkyl halides is 3. The van der Waals surface area contributed by atoms with Gasteiger partial charge in [-0.2, -0.15) is 13.2 Å². The SMILES string of the molecule is CNC(CN1CCC(C(F)(F)F)CC1)C(=O)OC. The number of ether oxygens (including phenoxy) is 1. The van der Waals surface area contributed by atoms with Gasteiger partial charge < -0.3 is 15.0 Å². The molecule has 0 aromatic rings. The fourth-order valence-electron chi connectivity index (χ4n) is 2.13. The summed E-state index contributed by atoms with van der Waals surface area (Å²) < 4.78 is 42.0. The van der Waals surface area contributed by atoms with Crippen LogP contribution in [0.15, 0.2) is 0 Å². The molecule has 4 nitrogen and oxygen atoms in total. The third kappa shape index (κ3) is 4.13. The molecule has 0 spiro atoms. The highest BCUT2D eigenvalue weighted by Gasteiger charge is 2.41. The molecule has 1 aliphatic rings. The Bertz CT molecular complexity index is 276. The lowest BCUT2D eigenvalue weighted by Crippen LogP contribution is -2.48. The van der Waals surface area contributed by atoms with Crippen molar-refractivity contribution in [2.24, 2.45) is 5.92 Å². The molecule has 1 aliphatic heterocycles. The van der Waals surface area contributed by atoms with Gasteiger partial charge in [0.15, 0.2) is 0 Å². The van der Waals surface area contributed by atoms with Crippen LogP contribution in [-0.2, 0) is 9.53 Å². The lowest BCUT2D eigenvalue weighted by atomic mass is 9.96. The second-order valence-corrected chi connectivity index (χ2v) is 4.48. The number of hydrogen-bond acceptors (Lipinski definition) is 4. The zero-order valence-electron chi connectivity index (χ0n) is 10.6. The van der Waals surface area contributed by atoms with E-state index in [1.54, 1.807) is 7.05 Å². The molecule has 106 valence electrons. The molecule has 0 bridgehead atoms. The van der Waals surface area contributed by atoms with Gasteiger partial charge in [-0.25, -0.2) is 0 Å². The second kappa shape index (κ2) is 6.38. The number of carbonyl (C=O) groups excluding carboxylic acids is 1. The minimum atomic E-state index is -4.10. The van der Waals surface area contributed by atoms with Crippen LogP contribution >= 0.6 is 0 Å². The number of methoxy groups -OCH3 is 1. The average Bonchev–Trinajstić information content (AvgIpc) is 2.34. The van der Waals surface area contributed by atoms with Crippen LogP contribution in [0.25, 0.3) is 0 Å². The number of likely N-dealkylation sites (N-methyl/N-ethyl adjacent to an activating group) is 1. The molecule has 1 rings (SSSR count). The lowest BCUT2D eigenvalue weighted by Gasteiger charge is -2.34. The highest BCUT2D eigenvalue weighted by molar-refractivity contribution is 5.75. The van der Waals surface area contributed by atoms with Crippen molar-refractivity contribution in [3.63, 3.8) is 0 Å². The topological polar surface area (TPSA) is 41.6 Å². The number of hydrogen-bond donors (Lipinski definition) is 1. The van der Waals surface area contributed by atoms with E-state index in [0.717, 1.165) is 0 Å². The lowest BCUT2D eigenvalue weighted by molar-refractivity contribution is -0.185. The van der Waals surface area contributed by atoms with Crippen molar-refractivity contribution in [2.45, 2.75) is 25.1 Å². The standard InChI is InChI=1S/C11H19F3N2O2/c1-15-9(10(17)18-2)7-16-5-3-8(4-6-16)11(12,13)14/h8-9,15H,3-7H2,1-2H3. The third-order valence-electron chi connectivity index (χ3n) is 3.33. The highest BCUT2D eigenvalue weighted by Crippen LogP contribution is 2.33. The number of nitrogens with zero attached hydrogens (tertiary/aromatic N) is 1. The number of likely N-dealkylation sites (tertiary alicyclic amines) is 1. The first-order chi connectivity index (χ1) is 8.38. The van der Waals surface area contributed by atoms with Crippen LogP contribution in [0.1, 0.15) is 12.8 Å². The van der Waals surface area contributed by atoms with Crippen LogP contribution in [0.2, 0.25) is 0 Å². The number of nitrogens with one attached hydrogen (secondary N) is 1. The Morgan fingerprint density at radius 2 is 2.00 bits per heavy atom. The molecule has 1 unspecified atom stereocenters. The Labute approximate surface area is 104 Å². The van der Waals surface area contributed by atoms with E-state index in [4.69, 9.17) is 0 Å². The van der Waals surface area contributed by atoms with E-state index in [1.165, 1.54) is 7.11 Å². The normalized spacial score (nSPS) is 20.7. The molecule has 1 heterocycles. The number of piperidine rings is 1. The smallest absolute Gasteiger partial charge is 0.391 e. The number of esters is 1. The Kier molecular flexibility index (Phi) is 5.40. The predicted molar refractivity (Wildman–Crippen MR) is 60.1 cm³/mol. The predicted octanol–water partition coefficient (Wildman–Crippen LogP) is 1.02. The maximum atomic E-state index is 12.5. The van der Waals surface area contributed by atoms with Gasteiger partial charge in [-0.1, -0.05) is 0 Å². The fraction of sp³-hybridized carbons (Fsp3) is 0.909. The van der Waals surface area contributed by atoms with Crippen LogP contribution in [0.3, 0.4) is 0 Å². The van der Waals surface area contributed by atoms with Gasteiger partial charge in [0, 0.05) is 6.54 Å². The molecule has 0 aliphatic carbocycles. The molecule has 1 fully saturated rings. The molecule has 7 heteroatoms. The summed E-state index contributed by atoms with van der Waals surface area (Å²) in [5.41, 5.74) is 0. The number of carbonyl (C=O) groups is 1. The fourth-order valence-corrected chi connectivity index (χ4v) is 2.13. The van der Waals surface area contributed by atoms with Crippen molar-refractivity contribution in [3.8, 4) is 0 Å². The van der Waals surface area contributed by atoms with E-state index >= 15 is 0 Å². The van der Waals surface area contributed by atoms with E-state index in [1.807, 2.05) is 4.90 Å². The zero-order valence-corrected chi connectivity index (χ0v) is 10.6. The van der Waals surface area contributed by atoms with Gasteiger partial charge in [-0.15, -0.1) is 0 Å². The van der Waals surface area contributed by atoms with Crippen LogP contribution in [0, 0.1) is 5.92 Å². The van der Waals surface area contributed by atoms with Crippen LogP contribution in [0.4, 0.5) is 13.2 Å². The van der Waals surface area contributed by atoms with Gasteiger partial charge in [-0.05, 0) is 33.0 Å². The van der Waals surface area contributed by atoms with Gasteiger partial charge >= 0.3 is 12.1 Å². The van der Waals surface area contributed by atoms with Crippen molar-refractivity contribution in [3.05, 3.63) is 0 Å². The summed E-state index contributed by atoms with van der Waals surface area (Å²) in [6.45, 7) is 1.10. The van der Waals surface area contributed by atoms with Gasteiger partial charge in [0.1, 0.15) is 6.04 Å². The van der Waals surface area contributed by atoms with Crippen LogP contribution < -0.4 is 5.32 Å². The summed E-state index contributed by atoms with van der Waals surface area (Å²) in [6, 6.07) is -0.488. The molecule has 0 saturated carbocycles. The van der Waals surface area contributed by atoms with E-state index in [9.17, 15) is 18.0 Å². The highest BCUT2D eigenvalue weighted by atomic mass is 19.4. The van der Waals surface area contributed by atoms with Crippen molar-refractivity contribution in [1.29, 1.82) is 0 Å². The Morgan fingerprint density at radius 1 is 1.44 bits per heavy atom. The third-order valence-corrected chi connectivity index (χ3v) is 3.33. The summed E-state index contributed by atoms with van der Waals surface area (Å²) in [5.74, 6) is -1.60. The molecule has 0 aromatic carbocycles. The number of halogens is 3. The van der Waals surface area contributed by atoms with Crippen molar-refractivity contribution < 1.29 is 22.7 Å². The van der Waals surface area contributed by atoms with Crippen molar-refractivity contribution >= 4 is 5.97 Å². The van der Waals surface area contributed by atoms with E-state index in [2.05, 4.69) is 10.1 Å². The molecule has 18 heavy (non-hydrogen) atoms. The molecule has 0 amide bonds. The van der Waals surface area contributed by atoms with Crippen molar-refractivity contribution in [1.82, 2.24) is 10.2 Å². The van der Waals surface area contributed by atoms with Gasteiger partial charge in [0.25, 0.3) is 0 Å². The molecule has 1 N–H and O–H groups in total. The minimum absolute atomic E-state index is 0.0983. The summed E-state index contributed by atoms with van der Waals surface area (Å²) in [5, 5.41) is 2.80. The largest absolute Gasteiger partial charge is 0.468 e. The molecule has 0 aromatic heterocycles. The van der Waals surface area contributed by atoms with Crippen LogP contribution in [-0.4, -0.2) is 56.9 Å². The maximum absolute atomic E-state index is 12.5. The van der Waals surface area contributed by atoms with Gasteiger partial charge in [0.05, 0.1) is 13.0 Å². The first-order valence-electron chi connectivity index (χ1n) is 5.92. The number of rotatable bonds is 4. The van der Waals surface area contributed by atoms with Crippen molar-refractivity contribution in [2.75, 3.05) is 33.8 Å². The summed E-state index contributed by atoms with van der Waals surface area (Å²) in [6.07, 6.45) is -3.90. The van der Waals surface area contributed by atoms with Gasteiger partial charge in [-0.3, -0.25) is 4.79 Å². The monoisotopic (exact) mass is 268 g/mol. The summed E-state index contributed by atoms with van der Waals surface area (Å²) in [7, 11) is 2.92. The van der Waals surface area contributed by atoms with E-state index in [0.29, 0.717) is 19.6 Å². The average molecular weight is 268 g/mol.